The van der Waals surface area contributed by atoms with E-state index in [4.69, 9.17) is 22.1 Å². The Morgan fingerprint density at radius 3 is 2.53 bits per heavy atom. The van der Waals surface area contributed by atoms with Gasteiger partial charge in [0.15, 0.2) is 5.82 Å². The van der Waals surface area contributed by atoms with E-state index < -0.39 is 5.91 Å². The second-order valence-corrected chi connectivity index (χ2v) is 8.09. The van der Waals surface area contributed by atoms with Crippen LogP contribution < -0.4 is 26.4 Å². The Balaban J connectivity index is 1.62. The second kappa shape index (κ2) is 10.3. The number of rotatable bonds is 8. The number of nitrogens with two attached hydrogens (primary N) is 1. The van der Waals surface area contributed by atoms with Crippen LogP contribution in [0.1, 0.15) is 26.3 Å². The number of benzene rings is 2. The topological polar surface area (TPSA) is 160 Å². The Morgan fingerprint density at radius 1 is 1.11 bits per heavy atom. The molecule has 2 heterocycles. The summed E-state index contributed by atoms with van der Waals surface area (Å²) < 4.78 is 5.61. The lowest BCUT2D eigenvalue weighted by Crippen LogP contribution is -2.17. The Hall–Kier alpha value is -4.64. The van der Waals surface area contributed by atoms with Crippen LogP contribution in [0.4, 0.5) is 23.3 Å². The average Bonchev–Trinajstić information content (AvgIpc) is 3.34. The molecule has 0 radical (unpaired) electrons. The lowest BCUT2D eigenvalue weighted by Gasteiger charge is -2.16. The predicted molar refractivity (Wildman–Crippen MR) is 137 cm³/mol. The Bertz CT molecular complexity index is 1440. The molecule has 2 aromatic heterocycles. The number of hydrogen-bond acceptors (Lipinski definition) is 8. The summed E-state index contributed by atoms with van der Waals surface area (Å²) in [6.07, 6.45) is 2.72. The maximum Gasteiger partial charge on any atom is 0.254 e. The molecule has 4 aromatic rings. The molecular formula is C24H23ClN8O3. The molecule has 0 atom stereocenters. The Kier molecular flexibility index (Phi) is 7.02. The first-order valence-electron chi connectivity index (χ1n) is 10.7. The van der Waals surface area contributed by atoms with E-state index in [1.54, 1.807) is 26.3 Å². The van der Waals surface area contributed by atoms with Gasteiger partial charge in [-0.25, -0.2) is 4.98 Å². The summed E-state index contributed by atoms with van der Waals surface area (Å²) in [6, 6.07) is 11.1. The summed E-state index contributed by atoms with van der Waals surface area (Å²) in [5, 5.41) is 15.4. The number of amides is 2. The molecule has 36 heavy (non-hydrogen) atoms. The number of carbonyl (C=O) groups is 2. The van der Waals surface area contributed by atoms with Crippen LogP contribution in [0.25, 0.3) is 11.1 Å². The first-order valence-corrected chi connectivity index (χ1v) is 11.1. The quantitative estimate of drug-likeness (QED) is 0.241. The normalized spacial score (nSPS) is 10.6. The fourth-order valence-electron chi connectivity index (χ4n) is 3.53. The van der Waals surface area contributed by atoms with Crippen molar-refractivity contribution in [3.63, 3.8) is 0 Å². The fourth-order valence-corrected chi connectivity index (χ4v) is 3.67. The zero-order chi connectivity index (χ0) is 25.8. The van der Waals surface area contributed by atoms with Crippen LogP contribution in [0, 0.1) is 6.92 Å². The molecule has 0 bridgehead atoms. The summed E-state index contributed by atoms with van der Waals surface area (Å²) in [7, 11) is 3.16. The molecule has 0 saturated carbocycles. The van der Waals surface area contributed by atoms with Crippen LogP contribution in [0.5, 0.6) is 5.75 Å². The number of aromatic amines is 1. The van der Waals surface area contributed by atoms with Crippen molar-refractivity contribution < 1.29 is 14.3 Å². The van der Waals surface area contributed by atoms with E-state index in [9.17, 15) is 9.59 Å². The highest BCUT2D eigenvalue weighted by Crippen LogP contribution is 2.36. The van der Waals surface area contributed by atoms with Gasteiger partial charge in [0.05, 0.1) is 25.2 Å². The van der Waals surface area contributed by atoms with Gasteiger partial charge in [-0.3, -0.25) is 14.7 Å². The van der Waals surface area contributed by atoms with Gasteiger partial charge >= 0.3 is 0 Å². The van der Waals surface area contributed by atoms with Crippen LogP contribution in [0.15, 0.2) is 48.8 Å². The van der Waals surface area contributed by atoms with Gasteiger partial charge in [-0.1, -0.05) is 23.7 Å². The molecule has 12 heteroatoms. The fraction of sp³-hybridized carbons (Fsp3) is 0.125. The molecule has 2 aromatic carbocycles. The number of halogens is 1. The number of primary amides is 1. The number of nitrogens with one attached hydrogen (secondary N) is 4. The van der Waals surface area contributed by atoms with Crippen molar-refractivity contribution in [3.05, 3.63) is 70.5 Å². The Morgan fingerprint density at radius 2 is 1.86 bits per heavy atom. The lowest BCUT2D eigenvalue weighted by atomic mass is 9.98. The van der Waals surface area contributed by atoms with E-state index in [2.05, 4.69) is 36.1 Å². The number of ether oxygens (including phenoxy) is 1. The van der Waals surface area contributed by atoms with Crippen LogP contribution in [-0.2, 0) is 0 Å². The van der Waals surface area contributed by atoms with E-state index in [0.717, 1.165) is 16.7 Å². The van der Waals surface area contributed by atoms with Crippen LogP contribution in [-0.4, -0.2) is 46.1 Å². The van der Waals surface area contributed by atoms with Crippen molar-refractivity contribution in [1.82, 2.24) is 25.5 Å². The summed E-state index contributed by atoms with van der Waals surface area (Å²) in [5.74, 6) is 0.494. The minimum atomic E-state index is -0.654. The van der Waals surface area contributed by atoms with E-state index in [1.165, 1.54) is 12.4 Å². The maximum absolute atomic E-state index is 11.8. The summed E-state index contributed by atoms with van der Waals surface area (Å²) in [6.45, 7) is 1.96. The highest BCUT2D eigenvalue weighted by atomic mass is 35.5. The molecule has 2 amide bonds. The minimum absolute atomic E-state index is 0.148. The third kappa shape index (κ3) is 5.05. The summed E-state index contributed by atoms with van der Waals surface area (Å²) >= 11 is 6.24. The molecule has 0 spiro atoms. The number of anilines is 4. The van der Waals surface area contributed by atoms with Gasteiger partial charge in [-0.2, -0.15) is 10.1 Å². The van der Waals surface area contributed by atoms with E-state index in [1.807, 2.05) is 31.2 Å². The van der Waals surface area contributed by atoms with Gasteiger partial charge in [0.1, 0.15) is 22.2 Å². The predicted octanol–water partition coefficient (Wildman–Crippen LogP) is 3.78. The summed E-state index contributed by atoms with van der Waals surface area (Å²) in [5.41, 5.74) is 9.57. The van der Waals surface area contributed by atoms with Crippen molar-refractivity contribution >= 4 is 46.7 Å². The third-order valence-corrected chi connectivity index (χ3v) is 5.65. The second-order valence-electron chi connectivity index (χ2n) is 7.69. The van der Waals surface area contributed by atoms with Gasteiger partial charge in [0, 0.05) is 12.6 Å². The van der Waals surface area contributed by atoms with Gasteiger partial charge in [-0.15, -0.1) is 0 Å². The smallest absolute Gasteiger partial charge is 0.254 e. The van der Waals surface area contributed by atoms with Gasteiger partial charge in [0.2, 0.25) is 5.95 Å². The molecule has 6 N–H and O–H groups in total. The molecular weight excluding hydrogens is 484 g/mol. The average molecular weight is 507 g/mol. The van der Waals surface area contributed by atoms with Crippen molar-refractivity contribution in [2.24, 2.45) is 5.73 Å². The molecule has 4 rings (SSSR count). The van der Waals surface area contributed by atoms with Gasteiger partial charge < -0.3 is 26.4 Å². The molecule has 0 aliphatic rings. The lowest BCUT2D eigenvalue weighted by molar-refractivity contribution is 0.0961. The Labute approximate surface area is 211 Å². The van der Waals surface area contributed by atoms with Gasteiger partial charge in [0.25, 0.3) is 11.8 Å². The van der Waals surface area contributed by atoms with Crippen LogP contribution in [0.2, 0.25) is 5.02 Å². The number of H-pyrrole nitrogens is 1. The van der Waals surface area contributed by atoms with Crippen LogP contribution in [0.3, 0.4) is 0 Å². The zero-order valence-corrected chi connectivity index (χ0v) is 20.4. The van der Waals surface area contributed by atoms with Crippen molar-refractivity contribution in [3.8, 4) is 16.9 Å². The molecule has 0 aliphatic carbocycles. The zero-order valence-electron chi connectivity index (χ0n) is 19.6. The van der Waals surface area contributed by atoms with Crippen LogP contribution >= 0.6 is 11.6 Å². The minimum Gasteiger partial charge on any atom is -0.495 e. The number of aryl methyl sites for hydroxylation is 1. The number of carbonyl (C=O) groups excluding carboxylic acids is 2. The van der Waals surface area contributed by atoms with E-state index in [-0.39, 0.29) is 34.1 Å². The maximum atomic E-state index is 11.8. The van der Waals surface area contributed by atoms with Crippen molar-refractivity contribution in [2.45, 2.75) is 6.92 Å². The molecule has 0 unspecified atom stereocenters. The molecule has 0 aliphatic heterocycles. The molecule has 11 nitrogen and oxygen atoms in total. The summed E-state index contributed by atoms with van der Waals surface area (Å²) in [4.78, 5) is 32.0. The van der Waals surface area contributed by atoms with Crippen molar-refractivity contribution in [2.75, 3.05) is 24.8 Å². The first kappa shape index (κ1) is 24.5. The highest BCUT2D eigenvalue weighted by Gasteiger charge is 2.16. The number of hydrogen-bond donors (Lipinski definition) is 5. The van der Waals surface area contributed by atoms with Crippen molar-refractivity contribution in [1.29, 1.82) is 0 Å². The highest BCUT2D eigenvalue weighted by molar-refractivity contribution is 6.33. The third-order valence-electron chi connectivity index (χ3n) is 5.37. The van der Waals surface area contributed by atoms with E-state index in [0.29, 0.717) is 17.0 Å². The van der Waals surface area contributed by atoms with Gasteiger partial charge in [-0.05, 0) is 47.9 Å². The number of nitrogens with zero attached hydrogens (tertiary/aromatic N) is 3. The number of aromatic nitrogens is 4. The molecule has 0 saturated heterocycles. The largest absolute Gasteiger partial charge is 0.495 e. The monoisotopic (exact) mass is 506 g/mol. The standard InChI is InChI=1S/C24H23ClN8O3/c1-12-8-18(19(36-3)9-15(12)13-4-6-14(7-5-13)23(35)27-2)30-24-28-11-17(25)22(32-24)31-21-16(20(26)34)10-29-33-21/h4-11H,1-3H3,(H2,26,34)(H,27,35)(H3,28,29,30,31,32,33). The molecule has 0 fully saturated rings. The van der Waals surface area contributed by atoms with E-state index >= 15 is 0 Å². The molecule has 184 valence electrons. The first-order chi connectivity index (χ1) is 17.3. The SMILES string of the molecule is CNC(=O)c1ccc(-c2cc(OC)c(Nc3ncc(Cl)c(Nc4[nH]ncc4C(N)=O)n3)cc2C)cc1. The number of methoxy groups -OCH3 is 1.